The second-order valence-corrected chi connectivity index (χ2v) is 7.57. The van der Waals surface area contributed by atoms with E-state index in [-0.39, 0.29) is 5.78 Å². The van der Waals surface area contributed by atoms with Gasteiger partial charge in [-0.2, -0.15) is 0 Å². The van der Waals surface area contributed by atoms with E-state index in [1.54, 1.807) is 24.3 Å². The summed E-state index contributed by atoms with van der Waals surface area (Å²) in [6.07, 6.45) is 3.11. The predicted octanol–water partition coefficient (Wildman–Crippen LogP) is 5.29. The van der Waals surface area contributed by atoms with Gasteiger partial charge in [0.25, 0.3) is 0 Å². The van der Waals surface area contributed by atoms with Gasteiger partial charge in [0.2, 0.25) is 0 Å². The quantitative estimate of drug-likeness (QED) is 0.336. The molecule has 0 saturated heterocycles. The average molecular weight is 411 g/mol. The number of carbonyl (C=O) groups is 3. The Labute approximate surface area is 178 Å². The third kappa shape index (κ3) is 5.56. The van der Waals surface area contributed by atoms with Crippen LogP contribution in [0.5, 0.6) is 11.5 Å². The van der Waals surface area contributed by atoms with Gasteiger partial charge in [0.05, 0.1) is 0 Å². The lowest BCUT2D eigenvalue weighted by atomic mass is 9.87. The first-order valence-corrected chi connectivity index (χ1v) is 10.4. The van der Waals surface area contributed by atoms with Crippen molar-refractivity contribution in [2.24, 2.45) is 0 Å². The second kappa shape index (κ2) is 10.2. The van der Waals surface area contributed by atoms with Crippen molar-refractivity contribution in [3.05, 3.63) is 57.6 Å². The monoisotopic (exact) mass is 410 g/mol. The van der Waals surface area contributed by atoms with Crippen molar-refractivity contribution < 1.29 is 23.9 Å². The molecule has 0 fully saturated rings. The molecular formula is C25H30O5. The van der Waals surface area contributed by atoms with Crippen LogP contribution in [0.1, 0.15) is 78.7 Å². The van der Waals surface area contributed by atoms with E-state index in [1.807, 2.05) is 27.7 Å². The summed E-state index contributed by atoms with van der Waals surface area (Å²) in [6.45, 7) is 10.5. The minimum absolute atomic E-state index is 0.0550. The Hall–Kier alpha value is -2.95. The van der Waals surface area contributed by atoms with Crippen molar-refractivity contribution in [1.29, 1.82) is 0 Å². The summed E-state index contributed by atoms with van der Waals surface area (Å²) < 4.78 is 10.5. The Kier molecular flexibility index (Phi) is 7.93. The largest absolute Gasteiger partial charge is 0.427 e. The maximum Gasteiger partial charge on any atom is 0.308 e. The van der Waals surface area contributed by atoms with E-state index in [0.717, 1.165) is 35.1 Å². The minimum Gasteiger partial charge on any atom is -0.427 e. The molecule has 5 heteroatoms. The maximum atomic E-state index is 13.7. The van der Waals surface area contributed by atoms with E-state index < -0.39 is 11.9 Å². The number of ether oxygens (including phenoxy) is 2. The summed E-state index contributed by atoms with van der Waals surface area (Å²) in [6, 6.07) is 7.03. The van der Waals surface area contributed by atoms with E-state index in [9.17, 15) is 14.4 Å². The van der Waals surface area contributed by atoms with E-state index >= 15 is 0 Å². The molecule has 0 amide bonds. The van der Waals surface area contributed by atoms with E-state index in [1.165, 1.54) is 13.8 Å². The van der Waals surface area contributed by atoms with Gasteiger partial charge in [0.15, 0.2) is 5.78 Å². The van der Waals surface area contributed by atoms with Gasteiger partial charge in [-0.05, 0) is 73.2 Å². The van der Waals surface area contributed by atoms with Crippen LogP contribution in [0.2, 0.25) is 0 Å². The molecule has 0 atom stereocenters. The van der Waals surface area contributed by atoms with Crippen LogP contribution < -0.4 is 9.47 Å². The highest BCUT2D eigenvalue weighted by Crippen LogP contribution is 2.31. The van der Waals surface area contributed by atoms with Gasteiger partial charge in [-0.25, -0.2) is 0 Å². The van der Waals surface area contributed by atoms with Crippen molar-refractivity contribution >= 4 is 17.7 Å². The number of hydrogen-bond acceptors (Lipinski definition) is 5. The fraction of sp³-hybridized carbons (Fsp3) is 0.400. The molecule has 0 aliphatic carbocycles. The van der Waals surface area contributed by atoms with E-state index in [2.05, 4.69) is 0 Å². The molecule has 2 aromatic carbocycles. The fourth-order valence-corrected chi connectivity index (χ4v) is 3.81. The third-order valence-corrected chi connectivity index (χ3v) is 4.80. The molecule has 2 rings (SSSR count). The molecule has 0 heterocycles. The predicted molar refractivity (Wildman–Crippen MR) is 116 cm³/mol. The minimum atomic E-state index is -0.391. The molecular weight excluding hydrogens is 380 g/mol. The number of benzene rings is 2. The van der Waals surface area contributed by atoms with Gasteiger partial charge in [-0.3, -0.25) is 14.4 Å². The topological polar surface area (TPSA) is 69.7 Å². The molecule has 0 radical (unpaired) electrons. The molecule has 0 saturated carbocycles. The lowest BCUT2D eigenvalue weighted by molar-refractivity contribution is -0.132. The van der Waals surface area contributed by atoms with Crippen molar-refractivity contribution in [3.63, 3.8) is 0 Å². The average Bonchev–Trinajstić information content (AvgIpc) is 2.60. The summed E-state index contributed by atoms with van der Waals surface area (Å²) in [5, 5.41) is 0. The molecule has 160 valence electrons. The number of carbonyl (C=O) groups excluding carboxylic acids is 3. The van der Waals surface area contributed by atoms with Crippen LogP contribution in [0, 0.1) is 13.8 Å². The maximum absolute atomic E-state index is 13.7. The van der Waals surface area contributed by atoms with Crippen LogP contribution in [0.15, 0.2) is 24.3 Å². The molecule has 0 unspecified atom stereocenters. The van der Waals surface area contributed by atoms with Crippen LogP contribution in [-0.2, 0) is 22.4 Å². The molecule has 0 N–H and O–H groups in total. The Morgan fingerprint density at radius 3 is 1.37 bits per heavy atom. The summed E-state index contributed by atoms with van der Waals surface area (Å²) in [4.78, 5) is 36.5. The van der Waals surface area contributed by atoms with Gasteiger partial charge in [0, 0.05) is 25.0 Å². The standard InChI is InChI=1S/C25H30O5/c1-7-9-19-13-21(29-17(5)26)11-15(3)23(19)25(28)24-16(4)12-22(30-18(6)27)14-20(24)10-8-2/h11-14H,7-10H2,1-6H3. The van der Waals surface area contributed by atoms with Crippen molar-refractivity contribution in [2.75, 3.05) is 0 Å². The first-order valence-electron chi connectivity index (χ1n) is 10.4. The van der Waals surface area contributed by atoms with Crippen molar-refractivity contribution in [2.45, 2.75) is 67.2 Å². The van der Waals surface area contributed by atoms with Gasteiger partial charge in [-0.1, -0.05) is 26.7 Å². The number of rotatable bonds is 8. The lowest BCUT2D eigenvalue weighted by Crippen LogP contribution is -2.14. The molecule has 0 spiro atoms. The van der Waals surface area contributed by atoms with Gasteiger partial charge in [-0.15, -0.1) is 0 Å². The van der Waals surface area contributed by atoms with Crippen LogP contribution >= 0.6 is 0 Å². The van der Waals surface area contributed by atoms with E-state index in [4.69, 9.17) is 9.47 Å². The fourth-order valence-electron chi connectivity index (χ4n) is 3.81. The molecule has 0 aromatic heterocycles. The first kappa shape index (κ1) is 23.3. The first-order chi connectivity index (χ1) is 14.2. The summed E-state index contributed by atoms with van der Waals surface area (Å²) in [5.74, 6) is 0.0724. The Bertz CT molecular complexity index is 894. The highest BCUT2D eigenvalue weighted by Gasteiger charge is 2.23. The van der Waals surface area contributed by atoms with Gasteiger partial charge >= 0.3 is 11.9 Å². The zero-order valence-corrected chi connectivity index (χ0v) is 18.7. The Morgan fingerprint density at radius 2 is 1.07 bits per heavy atom. The van der Waals surface area contributed by atoms with Crippen LogP contribution in [0.25, 0.3) is 0 Å². The molecule has 30 heavy (non-hydrogen) atoms. The number of hydrogen-bond donors (Lipinski definition) is 0. The molecule has 2 aromatic rings. The van der Waals surface area contributed by atoms with Crippen molar-refractivity contribution in [3.8, 4) is 11.5 Å². The third-order valence-electron chi connectivity index (χ3n) is 4.80. The highest BCUT2D eigenvalue weighted by atomic mass is 16.5. The summed E-state index contributed by atoms with van der Waals surface area (Å²) in [7, 11) is 0. The van der Waals surface area contributed by atoms with Crippen LogP contribution in [0.4, 0.5) is 0 Å². The van der Waals surface area contributed by atoms with Gasteiger partial charge in [0.1, 0.15) is 11.5 Å². The number of esters is 2. The number of aryl methyl sites for hydroxylation is 4. The zero-order chi connectivity index (χ0) is 22.4. The van der Waals surface area contributed by atoms with Crippen LogP contribution in [-0.4, -0.2) is 17.7 Å². The molecule has 0 aliphatic rings. The Balaban J connectivity index is 2.63. The summed E-state index contributed by atoms with van der Waals surface area (Å²) in [5.41, 5.74) is 4.57. The number of ketones is 1. The Morgan fingerprint density at radius 1 is 0.700 bits per heavy atom. The van der Waals surface area contributed by atoms with Crippen molar-refractivity contribution in [1.82, 2.24) is 0 Å². The lowest BCUT2D eigenvalue weighted by Gasteiger charge is -2.18. The smallest absolute Gasteiger partial charge is 0.308 e. The normalized spacial score (nSPS) is 10.6. The zero-order valence-electron chi connectivity index (χ0n) is 18.7. The highest BCUT2D eigenvalue weighted by molar-refractivity contribution is 6.13. The second-order valence-electron chi connectivity index (χ2n) is 7.57. The van der Waals surface area contributed by atoms with Crippen LogP contribution in [0.3, 0.4) is 0 Å². The summed E-state index contributed by atoms with van der Waals surface area (Å²) >= 11 is 0. The SMILES string of the molecule is CCCc1cc(OC(C)=O)cc(C)c1C(=O)c1c(C)cc(OC(C)=O)cc1CCC. The molecule has 0 aliphatic heterocycles. The van der Waals surface area contributed by atoms with Gasteiger partial charge < -0.3 is 9.47 Å². The van der Waals surface area contributed by atoms with E-state index in [0.29, 0.717) is 35.5 Å². The molecule has 0 bridgehead atoms. The molecule has 5 nitrogen and oxygen atoms in total.